The minimum Gasteiger partial charge on any atom is -0.485 e. The zero-order valence-electron chi connectivity index (χ0n) is 20.2. The fraction of sp³-hybridized carbons (Fsp3) is 0.500. The molecule has 4 bridgehead atoms. The molecule has 5 nitrogen and oxygen atoms in total. The number of ether oxygens (including phenoxy) is 1. The fourth-order valence-corrected chi connectivity index (χ4v) is 7.78. The lowest BCUT2D eigenvalue weighted by Gasteiger charge is -2.61. The zero-order chi connectivity index (χ0) is 24.5. The number of nitrogens with two attached hydrogens (primary N) is 1. The van der Waals surface area contributed by atoms with E-state index in [0.717, 1.165) is 37.7 Å². The molecule has 4 aliphatic carbocycles. The molecule has 4 aliphatic rings. The molecule has 35 heavy (non-hydrogen) atoms. The highest BCUT2D eigenvalue weighted by molar-refractivity contribution is 5.97. The molecule has 1 aromatic carbocycles. The van der Waals surface area contributed by atoms with Gasteiger partial charge in [-0.05, 0) is 93.4 Å². The highest BCUT2D eigenvalue weighted by Gasteiger charge is 2.56. The highest BCUT2D eigenvalue weighted by atomic mass is 19.1. The SMILES string of the molecule is Cc1cc(OCc2c(F)cccc2F)c2nc(C)c(C(=O)CC34CC5CC(CC(N)(C5)C3)C4)n2c1. The summed E-state index contributed by atoms with van der Waals surface area (Å²) in [6.07, 6.45) is 8.91. The molecule has 4 saturated carbocycles. The average Bonchev–Trinajstić information content (AvgIpc) is 3.07. The van der Waals surface area contributed by atoms with E-state index in [1.54, 1.807) is 10.5 Å². The van der Waals surface area contributed by atoms with Gasteiger partial charge in [0.25, 0.3) is 0 Å². The summed E-state index contributed by atoms with van der Waals surface area (Å²) in [4.78, 5) is 18.4. The van der Waals surface area contributed by atoms with Crippen molar-refractivity contribution in [2.45, 2.75) is 70.9 Å². The summed E-state index contributed by atoms with van der Waals surface area (Å²) in [5.74, 6) is 0.439. The standard InChI is InChI=1S/C28H31F2N3O2/c1-16-6-24(35-14-20-21(29)4-3-5-22(20)30)26-32-17(2)25(33(26)13-16)23(34)12-27-8-18-7-19(9-27)11-28(31,10-18)15-27/h3-6,13,18-19H,7-12,14-15,31H2,1-2H3. The Balaban J connectivity index is 1.31. The molecule has 4 fully saturated rings. The Hall–Kier alpha value is -2.80. The molecule has 0 amide bonds. The van der Waals surface area contributed by atoms with E-state index in [-0.39, 0.29) is 28.9 Å². The Labute approximate surface area is 203 Å². The van der Waals surface area contributed by atoms with Crippen LogP contribution in [0.4, 0.5) is 8.78 Å². The van der Waals surface area contributed by atoms with Gasteiger partial charge >= 0.3 is 0 Å². The number of carbonyl (C=O) groups is 1. The smallest absolute Gasteiger partial charge is 0.182 e. The molecule has 0 aliphatic heterocycles. The first-order valence-electron chi connectivity index (χ1n) is 12.5. The van der Waals surface area contributed by atoms with Crippen molar-refractivity contribution in [3.63, 3.8) is 0 Å². The second-order valence-corrected chi connectivity index (χ2v) is 11.5. The van der Waals surface area contributed by atoms with E-state index in [1.807, 2.05) is 20.0 Å². The van der Waals surface area contributed by atoms with Gasteiger partial charge in [0.15, 0.2) is 17.2 Å². The number of rotatable bonds is 6. The van der Waals surface area contributed by atoms with E-state index in [0.29, 0.717) is 41.0 Å². The Bertz CT molecular complexity index is 1310. The van der Waals surface area contributed by atoms with Crippen LogP contribution in [0.25, 0.3) is 5.65 Å². The number of ketones is 1. The van der Waals surface area contributed by atoms with Crippen LogP contribution in [0.3, 0.4) is 0 Å². The van der Waals surface area contributed by atoms with Crippen LogP contribution in [-0.2, 0) is 6.61 Å². The van der Waals surface area contributed by atoms with Crippen LogP contribution in [-0.4, -0.2) is 20.7 Å². The van der Waals surface area contributed by atoms with Gasteiger partial charge in [0.05, 0.1) is 11.3 Å². The lowest BCUT2D eigenvalue weighted by atomic mass is 9.46. The van der Waals surface area contributed by atoms with Crippen molar-refractivity contribution in [2.24, 2.45) is 23.0 Å². The maximum Gasteiger partial charge on any atom is 0.182 e. The highest BCUT2D eigenvalue weighted by Crippen LogP contribution is 2.62. The summed E-state index contributed by atoms with van der Waals surface area (Å²) in [7, 11) is 0. The quantitative estimate of drug-likeness (QED) is 0.462. The van der Waals surface area contributed by atoms with E-state index in [9.17, 15) is 13.6 Å². The third kappa shape index (κ3) is 3.84. The van der Waals surface area contributed by atoms with E-state index in [2.05, 4.69) is 4.98 Å². The van der Waals surface area contributed by atoms with Gasteiger partial charge in [-0.25, -0.2) is 13.8 Å². The van der Waals surface area contributed by atoms with Crippen molar-refractivity contribution in [1.82, 2.24) is 9.38 Å². The van der Waals surface area contributed by atoms with Crippen LogP contribution in [0.1, 0.15) is 72.3 Å². The molecule has 7 rings (SSSR count). The van der Waals surface area contributed by atoms with E-state index < -0.39 is 11.6 Å². The molecule has 2 unspecified atom stereocenters. The number of hydrogen-bond acceptors (Lipinski definition) is 4. The Morgan fingerprint density at radius 1 is 1.17 bits per heavy atom. The van der Waals surface area contributed by atoms with Gasteiger partial charge in [-0.1, -0.05) is 6.07 Å². The minimum atomic E-state index is -0.655. The number of halogens is 2. The molecule has 184 valence electrons. The monoisotopic (exact) mass is 479 g/mol. The first kappa shape index (κ1) is 22.7. The summed E-state index contributed by atoms with van der Waals surface area (Å²) < 4.78 is 35.9. The average molecular weight is 480 g/mol. The molecule has 3 aromatic rings. The van der Waals surface area contributed by atoms with Gasteiger partial charge in [-0.15, -0.1) is 0 Å². The maximum atomic E-state index is 14.1. The number of aryl methyl sites for hydroxylation is 2. The second kappa shape index (κ2) is 7.85. The molecule has 0 spiro atoms. The van der Waals surface area contributed by atoms with Crippen molar-refractivity contribution in [2.75, 3.05) is 0 Å². The summed E-state index contributed by atoms with van der Waals surface area (Å²) in [6.45, 7) is 3.47. The summed E-state index contributed by atoms with van der Waals surface area (Å²) in [6, 6.07) is 5.52. The number of imidazole rings is 1. The molecular formula is C28H31F2N3O2. The summed E-state index contributed by atoms with van der Waals surface area (Å²) in [5.41, 5.74) is 9.04. The van der Waals surface area contributed by atoms with Gasteiger partial charge in [0, 0.05) is 18.2 Å². The van der Waals surface area contributed by atoms with Crippen molar-refractivity contribution < 1.29 is 18.3 Å². The number of aromatic nitrogens is 2. The van der Waals surface area contributed by atoms with E-state index in [1.165, 1.54) is 24.6 Å². The molecule has 2 N–H and O–H groups in total. The Morgan fingerprint density at radius 3 is 2.51 bits per heavy atom. The van der Waals surface area contributed by atoms with Crippen molar-refractivity contribution in [1.29, 1.82) is 0 Å². The van der Waals surface area contributed by atoms with Crippen LogP contribution < -0.4 is 10.5 Å². The van der Waals surface area contributed by atoms with Gasteiger partial charge in [-0.3, -0.25) is 9.20 Å². The number of nitrogens with zero attached hydrogens (tertiary/aromatic N) is 2. The minimum absolute atomic E-state index is 0.0158. The zero-order valence-corrected chi connectivity index (χ0v) is 20.2. The Kier molecular flexibility index (Phi) is 5.08. The van der Waals surface area contributed by atoms with Crippen molar-refractivity contribution >= 4 is 11.4 Å². The van der Waals surface area contributed by atoms with Gasteiger partial charge in [0.2, 0.25) is 0 Å². The van der Waals surface area contributed by atoms with E-state index >= 15 is 0 Å². The molecule has 2 atom stereocenters. The van der Waals surface area contributed by atoms with E-state index in [4.69, 9.17) is 10.5 Å². The summed E-state index contributed by atoms with van der Waals surface area (Å²) in [5, 5.41) is 0. The van der Waals surface area contributed by atoms with Crippen molar-refractivity contribution in [3.8, 4) is 5.75 Å². The number of carbonyl (C=O) groups excluding carboxylic acids is 1. The third-order valence-corrected chi connectivity index (χ3v) is 8.46. The van der Waals surface area contributed by atoms with Crippen LogP contribution in [0.2, 0.25) is 0 Å². The lowest BCUT2D eigenvalue weighted by Crippen LogP contribution is -2.60. The predicted molar refractivity (Wildman–Crippen MR) is 128 cm³/mol. The molecule has 2 heterocycles. The number of pyridine rings is 1. The number of fused-ring (bicyclic) bond motifs is 1. The molecule has 7 heteroatoms. The molecule has 0 saturated heterocycles. The van der Waals surface area contributed by atoms with Gasteiger partial charge in [-0.2, -0.15) is 0 Å². The number of benzene rings is 1. The van der Waals surface area contributed by atoms with Crippen molar-refractivity contribution in [3.05, 3.63) is 64.6 Å². The summed E-state index contributed by atoms with van der Waals surface area (Å²) >= 11 is 0. The first-order valence-corrected chi connectivity index (χ1v) is 12.5. The number of Topliss-reactive ketones (excluding diaryl/α,β-unsaturated/α-hetero) is 1. The lowest BCUT2D eigenvalue weighted by molar-refractivity contribution is -0.0664. The predicted octanol–water partition coefficient (Wildman–Crippen LogP) is 5.68. The van der Waals surface area contributed by atoms with Crippen LogP contribution in [0, 0.1) is 42.7 Å². The molecule has 0 radical (unpaired) electrons. The molecular weight excluding hydrogens is 448 g/mol. The van der Waals surface area contributed by atoms with Gasteiger partial charge in [0.1, 0.15) is 23.9 Å². The maximum absolute atomic E-state index is 14.1. The van der Waals surface area contributed by atoms with Crippen LogP contribution in [0.5, 0.6) is 5.75 Å². The third-order valence-electron chi connectivity index (χ3n) is 8.46. The fourth-order valence-electron chi connectivity index (χ4n) is 7.78. The molecule has 2 aromatic heterocycles. The van der Waals surface area contributed by atoms with Gasteiger partial charge < -0.3 is 10.5 Å². The first-order chi connectivity index (χ1) is 16.6. The Morgan fingerprint density at radius 2 is 1.86 bits per heavy atom. The normalized spacial score (nSPS) is 29.2. The van der Waals surface area contributed by atoms with Crippen LogP contribution >= 0.6 is 0 Å². The number of hydrogen-bond donors (Lipinski definition) is 1. The largest absolute Gasteiger partial charge is 0.485 e. The van der Waals surface area contributed by atoms with Crippen LogP contribution in [0.15, 0.2) is 30.5 Å². The topological polar surface area (TPSA) is 69.6 Å². The second-order valence-electron chi connectivity index (χ2n) is 11.5.